The molecule has 0 saturated heterocycles. The maximum Gasteiger partial charge on any atom is 0.287 e. The van der Waals surface area contributed by atoms with Gasteiger partial charge in [0.1, 0.15) is 5.76 Å². The third-order valence-corrected chi connectivity index (χ3v) is 5.40. The molecule has 0 atom stereocenters. The number of hydrogen-bond donors (Lipinski definition) is 1. The third kappa shape index (κ3) is 5.29. The van der Waals surface area contributed by atoms with E-state index in [1.165, 1.54) is 24.8 Å². The molecule has 0 aliphatic carbocycles. The van der Waals surface area contributed by atoms with Crippen molar-refractivity contribution in [3.8, 4) is 11.3 Å². The van der Waals surface area contributed by atoms with E-state index in [9.17, 15) is 4.79 Å². The smallest absolute Gasteiger partial charge is 0.287 e. The third-order valence-electron chi connectivity index (χ3n) is 5.40. The topological polar surface area (TPSA) is 42.2 Å². The Bertz CT molecular complexity index is 937. The Hall–Kier alpha value is -2.55. The van der Waals surface area contributed by atoms with Gasteiger partial charge in [-0.3, -0.25) is 4.79 Å². The zero-order valence-electron chi connectivity index (χ0n) is 18.0. The second-order valence-corrected chi connectivity index (χ2v) is 7.93. The van der Waals surface area contributed by atoms with Crippen LogP contribution < -0.4 is 5.32 Å². The van der Waals surface area contributed by atoms with Crippen LogP contribution in [0.5, 0.6) is 0 Å². The normalized spacial score (nSPS) is 11.1. The first-order chi connectivity index (χ1) is 14.1. The molecule has 0 radical (unpaired) electrons. The highest BCUT2D eigenvalue weighted by Gasteiger charge is 2.20. The van der Waals surface area contributed by atoms with Crippen molar-refractivity contribution >= 4 is 16.7 Å². The first kappa shape index (κ1) is 21.2. The number of carbonyl (C=O) groups excluding carboxylic acids is 1. The number of benzene rings is 2. The standard InChI is InChI=1S/C26H33NO2/c1-4-6-7-8-9-17-27-26(28)25-22-16-11-19(3)18-23(22)24(29-25)21-14-12-20(10-5-2)13-15-21/h11-16,18H,4-10,17H2,1-3H3,(H,27,28). The Labute approximate surface area is 174 Å². The second kappa shape index (κ2) is 10.3. The molecule has 3 rings (SSSR count). The van der Waals surface area contributed by atoms with Crippen LogP contribution in [-0.4, -0.2) is 12.5 Å². The number of nitrogens with one attached hydrogen (secondary N) is 1. The van der Waals surface area contributed by atoms with Crippen molar-refractivity contribution in [1.29, 1.82) is 0 Å². The van der Waals surface area contributed by atoms with Gasteiger partial charge in [-0.2, -0.15) is 0 Å². The van der Waals surface area contributed by atoms with Crippen molar-refractivity contribution < 1.29 is 9.21 Å². The molecule has 1 N–H and O–H groups in total. The predicted molar refractivity (Wildman–Crippen MR) is 121 cm³/mol. The summed E-state index contributed by atoms with van der Waals surface area (Å²) in [5.41, 5.74) is 3.49. The lowest BCUT2D eigenvalue weighted by atomic mass is 10.0. The van der Waals surface area contributed by atoms with Gasteiger partial charge in [-0.1, -0.05) is 87.9 Å². The molecule has 154 valence electrons. The van der Waals surface area contributed by atoms with Gasteiger partial charge in [0, 0.05) is 22.9 Å². The minimum Gasteiger partial charge on any atom is -0.450 e. The number of aryl methyl sites for hydroxylation is 2. The summed E-state index contributed by atoms with van der Waals surface area (Å²) in [6.45, 7) is 7.15. The van der Waals surface area contributed by atoms with E-state index in [1.54, 1.807) is 0 Å². The Morgan fingerprint density at radius 3 is 2.38 bits per heavy atom. The van der Waals surface area contributed by atoms with E-state index in [2.05, 4.69) is 56.4 Å². The van der Waals surface area contributed by atoms with Crippen molar-refractivity contribution in [1.82, 2.24) is 5.32 Å². The molecule has 1 heterocycles. The first-order valence-electron chi connectivity index (χ1n) is 11.0. The highest BCUT2D eigenvalue weighted by molar-refractivity contribution is 6.09. The molecule has 0 unspecified atom stereocenters. The molecule has 0 bridgehead atoms. The zero-order valence-corrected chi connectivity index (χ0v) is 18.0. The monoisotopic (exact) mass is 391 g/mol. The summed E-state index contributed by atoms with van der Waals surface area (Å²) in [6, 6.07) is 14.6. The van der Waals surface area contributed by atoms with Crippen LogP contribution in [0.25, 0.3) is 22.1 Å². The molecule has 0 saturated carbocycles. The highest BCUT2D eigenvalue weighted by atomic mass is 16.4. The molecule has 0 spiro atoms. The van der Waals surface area contributed by atoms with Gasteiger partial charge >= 0.3 is 0 Å². The molecular formula is C26H33NO2. The summed E-state index contributed by atoms with van der Waals surface area (Å²) in [4.78, 5) is 12.8. The van der Waals surface area contributed by atoms with Gasteiger partial charge in [0.2, 0.25) is 0 Å². The quantitative estimate of drug-likeness (QED) is 0.376. The fourth-order valence-electron chi connectivity index (χ4n) is 3.76. The first-order valence-corrected chi connectivity index (χ1v) is 11.0. The molecule has 3 aromatic rings. The molecule has 0 fully saturated rings. The van der Waals surface area contributed by atoms with E-state index in [0.29, 0.717) is 12.3 Å². The van der Waals surface area contributed by atoms with E-state index >= 15 is 0 Å². The van der Waals surface area contributed by atoms with E-state index < -0.39 is 0 Å². The largest absolute Gasteiger partial charge is 0.450 e. The molecule has 29 heavy (non-hydrogen) atoms. The number of hydrogen-bond acceptors (Lipinski definition) is 2. The van der Waals surface area contributed by atoms with E-state index in [-0.39, 0.29) is 5.91 Å². The van der Waals surface area contributed by atoms with Crippen molar-refractivity contribution in [3.05, 3.63) is 59.4 Å². The van der Waals surface area contributed by atoms with Gasteiger partial charge in [0.25, 0.3) is 5.91 Å². The number of carbonyl (C=O) groups is 1. The fourth-order valence-corrected chi connectivity index (χ4v) is 3.76. The summed E-state index contributed by atoms with van der Waals surface area (Å²) in [5.74, 6) is 1.07. The van der Waals surface area contributed by atoms with Gasteiger partial charge in [-0.15, -0.1) is 0 Å². The Balaban J connectivity index is 1.82. The maximum absolute atomic E-state index is 12.8. The van der Waals surface area contributed by atoms with Crippen LogP contribution in [0.3, 0.4) is 0 Å². The number of rotatable bonds is 10. The maximum atomic E-state index is 12.8. The van der Waals surface area contributed by atoms with Crippen LogP contribution in [0.15, 0.2) is 46.9 Å². The molecule has 2 aromatic carbocycles. The van der Waals surface area contributed by atoms with Gasteiger partial charge in [-0.05, 0) is 31.4 Å². The summed E-state index contributed by atoms with van der Waals surface area (Å²) < 4.78 is 6.15. The average molecular weight is 392 g/mol. The van der Waals surface area contributed by atoms with Crippen molar-refractivity contribution in [2.45, 2.75) is 65.7 Å². The Morgan fingerprint density at radius 2 is 1.66 bits per heavy atom. The van der Waals surface area contributed by atoms with Crippen LogP contribution in [0.1, 0.15) is 74.1 Å². The van der Waals surface area contributed by atoms with Crippen LogP contribution in [-0.2, 0) is 6.42 Å². The van der Waals surface area contributed by atoms with Crippen molar-refractivity contribution in [3.63, 3.8) is 0 Å². The van der Waals surface area contributed by atoms with Crippen LogP contribution in [0.2, 0.25) is 0 Å². The summed E-state index contributed by atoms with van der Waals surface area (Å²) >= 11 is 0. The number of amides is 1. The second-order valence-electron chi connectivity index (χ2n) is 7.93. The Kier molecular flexibility index (Phi) is 7.51. The zero-order chi connectivity index (χ0) is 20.6. The van der Waals surface area contributed by atoms with Crippen LogP contribution in [0, 0.1) is 6.92 Å². The number of fused-ring (bicyclic) bond motifs is 1. The molecule has 1 amide bonds. The van der Waals surface area contributed by atoms with Gasteiger partial charge in [0.15, 0.2) is 5.76 Å². The van der Waals surface area contributed by atoms with Crippen LogP contribution >= 0.6 is 0 Å². The van der Waals surface area contributed by atoms with E-state index in [0.717, 1.165) is 53.3 Å². The van der Waals surface area contributed by atoms with Gasteiger partial charge < -0.3 is 9.73 Å². The molecule has 0 aliphatic rings. The molecular weight excluding hydrogens is 358 g/mol. The summed E-state index contributed by atoms with van der Waals surface area (Å²) in [7, 11) is 0. The molecule has 0 aliphatic heterocycles. The minimum absolute atomic E-state index is 0.122. The summed E-state index contributed by atoms with van der Waals surface area (Å²) in [5, 5.41) is 4.92. The van der Waals surface area contributed by atoms with Crippen LogP contribution in [0.4, 0.5) is 0 Å². The minimum atomic E-state index is -0.122. The summed E-state index contributed by atoms with van der Waals surface area (Å²) in [6.07, 6.45) is 8.09. The van der Waals surface area contributed by atoms with Crippen molar-refractivity contribution in [2.24, 2.45) is 0 Å². The number of furan rings is 1. The van der Waals surface area contributed by atoms with E-state index in [4.69, 9.17) is 4.42 Å². The lowest BCUT2D eigenvalue weighted by Gasteiger charge is -2.04. The predicted octanol–water partition coefficient (Wildman–Crippen LogP) is 7.06. The van der Waals surface area contributed by atoms with Gasteiger partial charge in [0.05, 0.1) is 0 Å². The lowest BCUT2D eigenvalue weighted by Crippen LogP contribution is -2.24. The Morgan fingerprint density at radius 1 is 0.897 bits per heavy atom. The molecule has 1 aromatic heterocycles. The highest BCUT2D eigenvalue weighted by Crippen LogP contribution is 2.34. The van der Waals surface area contributed by atoms with E-state index in [1.807, 2.05) is 12.1 Å². The molecule has 3 heteroatoms. The average Bonchev–Trinajstić information content (AvgIpc) is 3.10. The molecule has 3 nitrogen and oxygen atoms in total. The lowest BCUT2D eigenvalue weighted by molar-refractivity contribution is 0.0928. The fraction of sp³-hybridized carbons (Fsp3) is 0.423. The van der Waals surface area contributed by atoms with Crippen molar-refractivity contribution in [2.75, 3.05) is 6.54 Å². The number of unbranched alkanes of at least 4 members (excludes halogenated alkanes) is 4. The SMILES string of the molecule is CCCCCCCNC(=O)c1oc(-c2ccc(CCC)cc2)c2cc(C)ccc12. The van der Waals surface area contributed by atoms with Gasteiger partial charge in [-0.25, -0.2) is 0 Å².